The first-order valence-corrected chi connectivity index (χ1v) is 9.80. The van der Waals surface area contributed by atoms with Crippen LogP contribution in [0.1, 0.15) is 17.5 Å². The Balaban J connectivity index is 1.42. The minimum Gasteiger partial charge on any atom is -0.373 e. The van der Waals surface area contributed by atoms with Crippen LogP contribution < -0.4 is 10.2 Å². The minimum absolute atomic E-state index is 0.524. The van der Waals surface area contributed by atoms with Crippen molar-refractivity contribution in [3.8, 4) is 17.3 Å². The van der Waals surface area contributed by atoms with Crippen molar-refractivity contribution < 1.29 is 4.74 Å². The third-order valence-corrected chi connectivity index (χ3v) is 5.97. The van der Waals surface area contributed by atoms with Gasteiger partial charge < -0.3 is 15.0 Å². The number of piperazine rings is 1. The lowest BCUT2D eigenvalue weighted by atomic mass is 9.91. The van der Waals surface area contributed by atoms with Crippen LogP contribution in [0.4, 0.5) is 5.82 Å². The number of rotatable bonds is 3. The molecule has 3 saturated heterocycles. The normalized spacial score (nSPS) is 23.0. The molecule has 3 aromatic rings. The Hall–Kier alpha value is -3.28. The Labute approximate surface area is 167 Å². The second-order valence-electron chi connectivity index (χ2n) is 7.81. The van der Waals surface area contributed by atoms with E-state index < -0.39 is 0 Å². The summed E-state index contributed by atoms with van der Waals surface area (Å²) in [5.74, 6) is 0.901. The number of nitriles is 1. The number of fused-ring (bicyclic) bond motifs is 3. The number of pyridine rings is 1. The molecule has 144 valence electrons. The van der Waals surface area contributed by atoms with E-state index in [1.165, 1.54) is 6.42 Å². The van der Waals surface area contributed by atoms with Crippen LogP contribution in [0.3, 0.4) is 0 Å². The summed E-state index contributed by atoms with van der Waals surface area (Å²) in [6.45, 7) is 3.14. The lowest BCUT2D eigenvalue weighted by molar-refractivity contribution is 0.216. The van der Waals surface area contributed by atoms with Crippen LogP contribution in [0.5, 0.6) is 0 Å². The highest BCUT2D eigenvalue weighted by Gasteiger charge is 2.36. The van der Waals surface area contributed by atoms with Crippen molar-refractivity contribution in [1.82, 2.24) is 24.9 Å². The first-order chi connectivity index (χ1) is 14.3. The lowest BCUT2D eigenvalue weighted by Crippen LogP contribution is -2.67. The van der Waals surface area contributed by atoms with E-state index in [0.717, 1.165) is 46.8 Å². The summed E-state index contributed by atoms with van der Waals surface area (Å²) in [5, 5.41) is 17.4. The number of aromatic nitrogens is 4. The van der Waals surface area contributed by atoms with Gasteiger partial charge in [-0.3, -0.25) is 4.98 Å². The van der Waals surface area contributed by atoms with E-state index in [0.29, 0.717) is 30.9 Å². The van der Waals surface area contributed by atoms with E-state index in [2.05, 4.69) is 33.5 Å². The van der Waals surface area contributed by atoms with Crippen LogP contribution in [-0.4, -0.2) is 58.0 Å². The molecule has 0 radical (unpaired) electrons. The molecule has 1 N–H and O–H groups in total. The van der Waals surface area contributed by atoms with Gasteiger partial charge in [-0.1, -0.05) is 6.08 Å². The predicted molar refractivity (Wildman–Crippen MR) is 107 cm³/mol. The maximum atomic E-state index is 9.54. The first-order valence-electron chi connectivity index (χ1n) is 9.80. The lowest BCUT2D eigenvalue weighted by Gasteiger charge is -2.48. The molecule has 8 heteroatoms. The molecule has 0 saturated carbocycles. The Kier molecular flexibility index (Phi) is 3.66. The van der Waals surface area contributed by atoms with Gasteiger partial charge >= 0.3 is 0 Å². The molecule has 2 unspecified atom stereocenters. The standard InChI is InChI=1S/C21H19N7O/c22-5-15-6-25-28-9-14(13-1-2-29-12-13)3-18(21(15)28)19-7-24-20(8-23-19)27-10-16-4-17(11-27)26-16/h1,3,6-9,16-17,26H,2,4,10-12H2. The SMILES string of the molecule is N#Cc1cnn2cc(C3=CCOC3)cc(-c3cnc(N4CC5CC(C4)N5)cn3)c12. The van der Waals surface area contributed by atoms with Gasteiger partial charge in [-0.25, -0.2) is 9.50 Å². The monoisotopic (exact) mass is 385 g/mol. The summed E-state index contributed by atoms with van der Waals surface area (Å²) in [5.41, 5.74) is 5.00. The largest absolute Gasteiger partial charge is 0.373 e. The average molecular weight is 385 g/mol. The number of nitrogens with one attached hydrogen (secondary N) is 1. The van der Waals surface area contributed by atoms with E-state index in [1.54, 1.807) is 16.9 Å². The molecule has 2 atom stereocenters. The van der Waals surface area contributed by atoms with Crippen molar-refractivity contribution in [2.75, 3.05) is 31.2 Å². The molecule has 0 aromatic carbocycles. The zero-order valence-electron chi connectivity index (χ0n) is 15.7. The summed E-state index contributed by atoms with van der Waals surface area (Å²) in [6.07, 6.45) is 10.5. The fourth-order valence-electron chi connectivity index (χ4n) is 4.49. The molecule has 2 bridgehead atoms. The van der Waals surface area contributed by atoms with Gasteiger partial charge in [0.2, 0.25) is 0 Å². The predicted octanol–water partition coefficient (Wildman–Crippen LogP) is 1.63. The maximum Gasteiger partial charge on any atom is 0.147 e. The third-order valence-electron chi connectivity index (χ3n) is 5.97. The van der Waals surface area contributed by atoms with Crippen LogP contribution in [0.2, 0.25) is 0 Å². The van der Waals surface area contributed by atoms with Gasteiger partial charge in [0.1, 0.15) is 11.9 Å². The third kappa shape index (κ3) is 2.70. The Bertz CT molecular complexity index is 1160. The topological polar surface area (TPSA) is 91.4 Å². The highest BCUT2D eigenvalue weighted by molar-refractivity contribution is 5.85. The minimum atomic E-state index is 0.524. The van der Waals surface area contributed by atoms with Gasteiger partial charge in [-0.05, 0) is 23.6 Å². The van der Waals surface area contributed by atoms with Gasteiger partial charge in [0.05, 0.1) is 48.6 Å². The van der Waals surface area contributed by atoms with Crippen molar-refractivity contribution in [2.24, 2.45) is 0 Å². The van der Waals surface area contributed by atoms with Crippen molar-refractivity contribution in [1.29, 1.82) is 5.26 Å². The van der Waals surface area contributed by atoms with E-state index in [4.69, 9.17) is 14.7 Å². The molecule has 3 aromatic heterocycles. The number of nitrogens with zero attached hydrogens (tertiary/aromatic N) is 6. The molecule has 0 aliphatic carbocycles. The van der Waals surface area contributed by atoms with Gasteiger partial charge in [0.25, 0.3) is 0 Å². The van der Waals surface area contributed by atoms with Crippen molar-refractivity contribution in [2.45, 2.75) is 18.5 Å². The molecule has 4 aliphatic rings. The highest BCUT2D eigenvalue weighted by Crippen LogP contribution is 2.31. The van der Waals surface area contributed by atoms with E-state index in [9.17, 15) is 5.26 Å². The van der Waals surface area contributed by atoms with Gasteiger partial charge in [0, 0.05) is 36.9 Å². The van der Waals surface area contributed by atoms with E-state index >= 15 is 0 Å². The zero-order chi connectivity index (χ0) is 19.4. The molecular weight excluding hydrogens is 366 g/mol. The summed E-state index contributed by atoms with van der Waals surface area (Å²) in [7, 11) is 0. The number of hydrogen-bond acceptors (Lipinski definition) is 7. The Morgan fingerprint density at radius 1 is 1.17 bits per heavy atom. The van der Waals surface area contributed by atoms with Crippen LogP contribution in [0, 0.1) is 11.3 Å². The highest BCUT2D eigenvalue weighted by atomic mass is 16.5. The molecule has 7 heterocycles. The number of anilines is 1. The number of ether oxygens (including phenoxy) is 1. The van der Waals surface area contributed by atoms with Gasteiger partial charge in [-0.2, -0.15) is 10.4 Å². The summed E-state index contributed by atoms with van der Waals surface area (Å²) in [6, 6.07) is 5.43. The van der Waals surface area contributed by atoms with Crippen LogP contribution >= 0.6 is 0 Å². The summed E-state index contributed by atoms with van der Waals surface area (Å²) < 4.78 is 7.23. The molecular formula is C21H19N7O. The van der Waals surface area contributed by atoms with Crippen LogP contribution in [-0.2, 0) is 4.74 Å². The molecule has 3 fully saturated rings. The average Bonchev–Trinajstić information content (AvgIpc) is 3.43. The van der Waals surface area contributed by atoms with Gasteiger partial charge in [-0.15, -0.1) is 0 Å². The molecule has 4 aliphatic heterocycles. The molecule has 0 amide bonds. The number of piperidine rings is 1. The van der Waals surface area contributed by atoms with Crippen molar-refractivity contribution in [3.63, 3.8) is 0 Å². The molecule has 0 spiro atoms. The Morgan fingerprint density at radius 2 is 2.03 bits per heavy atom. The molecule has 8 nitrogen and oxygen atoms in total. The number of hydrogen-bond donors (Lipinski definition) is 1. The first kappa shape index (κ1) is 16.7. The molecule has 29 heavy (non-hydrogen) atoms. The second kappa shape index (κ2) is 6.37. The fourth-order valence-corrected chi connectivity index (χ4v) is 4.49. The fraction of sp³-hybridized carbons (Fsp3) is 0.333. The zero-order valence-corrected chi connectivity index (χ0v) is 15.7. The van der Waals surface area contributed by atoms with E-state index in [-0.39, 0.29) is 0 Å². The maximum absolute atomic E-state index is 9.54. The van der Waals surface area contributed by atoms with Crippen LogP contribution in [0.15, 0.2) is 36.9 Å². The van der Waals surface area contributed by atoms with Gasteiger partial charge in [0.15, 0.2) is 0 Å². The van der Waals surface area contributed by atoms with E-state index in [1.807, 2.05) is 12.4 Å². The summed E-state index contributed by atoms with van der Waals surface area (Å²) >= 11 is 0. The quantitative estimate of drug-likeness (QED) is 0.733. The molecule has 7 rings (SSSR count). The van der Waals surface area contributed by atoms with Crippen molar-refractivity contribution >= 4 is 16.9 Å². The van der Waals surface area contributed by atoms with Crippen molar-refractivity contribution in [3.05, 3.63) is 48.1 Å². The van der Waals surface area contributed by atoms with Crippen LogP contribution in [0.25, 0.3) is 22.3 Å². The Morgan fingerprint density at radius 3 is 2.72 bits per heavy atom. The summed E-state index contributed by atoms with van der Waals surface area (Å²) in [4.78, 5) is 11.7. The second-order valence-corrected chi connectivity index (χ2v) is 7.81. The smallest absolute Gasteiger partial charge is 0.147 e.